The van der Waals surface area contributed by atoms with Gasteiger partial charge in [0.1, 0.15) is 0 Å². The quantitative estimate of drug-likeness (QED) is 0.699. The SMILES string of the molecule is CC(C)=C(/C=C/C(C)C)NC1CCCCC1C. The van der Waals surface area contributed by atoms with E-state index in [0.29, 0.717) is 12.0 Å². The Bertz CT molecular complexity index is 282. The molecule has 0 aliphatic heterocycles. The van der Waals surface area contributed by atoms with Crippen LogP contribution in [0.25, 0.3) is 0 Å². The zero-order chi connectivity index (χ0) is 12.8. The standard InChI is InChI=1S/C16H29N/c1-12(2)10-11-15(13(3)4)17-16-9-7-6-8-14(16)5/h10-12,14,16-17H,6-9H2,1-5H3/b11-10+. The Morgan fingerprint density at radius 3 is 2.35 bits per heavy atom. The highest BCUT2D eigenvalue weighted by Crippen LogP contribution is 2.25. The van der Waals surface area contributed by atoms with Gasteiger partial charge >= 0.3 is 0 Å². The summed E-state index contributed by atoms with van der Waals surface area (Å²) < 4.78 is 0. The molecule has 1 heteroatoms. The van der Waals surface area contributed by atoms with E-state index < -0.39 is 0 Å². The summed E-state index contributed by atoms with van der Waals surface area (Å²) in [5.74, 6) is 1.43. The minimum Gasteiger partial charge on any atom is -0.382 e. The molecule has 1 fully saturated rings. The van der Waals surface area contributed by atoms with Gasteiger partial charge < -0.3 is 5.32 Å². The maximum Gasteiger partial charge on any atom is 0.0325 e. The van der Waals surface area contributed by atoms with Crippen LogP contribution in [0.1, 0.15) is 60.3 Å². The third kappa shape index (κ3) is 4.97. The molecular weight excluding hydrogens is 206 g/mol. The summed E-state index contributed by atoms with van der Waals surface area (Å²) in [4.78, 5) is 0. The second kappa shape index (κ2) is 6.88. The van der Waals surface area contributed by atoms with Crippen LogP contribution in [0, 0.1) is 11.8 Å². The van der Waals surface area contributed by atoms with Crippen molar-refractivity contribution in [3.8, 4) is 0 Å². The smallest absolute Gasteiger partial charge is 0.0325 e. The maximum atomic E-state index is 3.75. The summed E-state index contributed by atoms with van der Waals surface area (Å²) in [6.45, 7) is 11.2. The zero-order valence-corrected chi connectivity index (χ0v) is 12.2. The Labute approximate surface area is 107 Å². The zero-order valence-electron chi connectivity index (χ0n) is 12.2. The van der Waals surface area contributed by atoms with E-state index >= 15 is 0 Å². The van der Waals surface area contributed by atoms with E-state index in [1.54, 1.807) is 0 Å². The highest BCUT2D eigenvalue weighted by molar-refractivity contribution is 5.23. The molecule has 0 radical (unpaired) electrons. The predicted octanol–water partition coefficient (Wildman–Crippen LogP) is 4.66. The van der Waals surface area contributed by atoms with Crippen molar-refractivity contribution in [1.82, 2.24) is 5.32 Å². The molecule has 0 spiro atoms. The van der Waals surface area contributed by atoms with Crippen molar-refractivity contribution in [2.75, 3.05) is 0 Å². The molecule has 98 valence electrons. The van der Waals surface area contributed by atoms with Crippen LogP contribution in [0.3, 0.4) is 0 Å². The molecule has 1 rings (SSSR count). The number of allylic oxidation sites excluding steroid dienone is 3. The lowest BCUT2D eigenvalue weighted by Gasteiger charge is -2.31. The Balaban J connectivity index is 2.64. The lowest BCUT2D eigenvalue weighted by molar-refractivity contribution is 0.297. The Morgan fingerprint density at radius 2 is 1.82 bits per heavy atom. The first kappa shape index (κ1) is 14.3. The van der Waals surface area contributed by atoms with Gasteiger partial charge in [0.2, 0.25) is 0 Å². The van der Waals surface area contributed by atoms with Gasteiger partial charge in [0.15, 0.2) is 0 Å². The molecule has 2 atom stereocenters. The molecule has 0 aromatic rings. The van der Waals surface area contributed by atoms with E-state index in [1.807, 2.05) is 0 Å². The predicted molar refractivity (Wildman–Crippen MR) is 76.9 cm³/mol. The summed E-state index contributed by atoms with van der Waals surface area (Å²) in [5.41, 5.74) is 2.72. The van der Waals surface area contributed by atoms with Crippen LogP contribution in [0.5, 0.6) is 0 Å². The summed E-state index contributed by atoms with van der Waals surface area (Å²) >= 11 is 0. The molecular formula is C16H29N. The van der Waals surface area contributed by atoms with Gasteiger partial charge in [-0.2, -0.15) is 0 Å². The Morgan fingerprint density at radius 1 is 1.18 bits per heavy atom. The van der Waals surface area contributed by atoms with Crippen molar-refractivity contribution >= 4 is 0 Å². The molecule has 0 aromatic carbocycles. The van der Waals surface area contributed by atoms with Gasteiger partial charge in [0.05, 0.1) is 0 Å². The third-order valence-corrected chi connectivity index (χ3v) is 3.64. The van der Waals surface area contributed by atoms with Crippen LogP contribution in [0.4, 0.5) is 0 Å². The fraction of sp³-hybridized carbons (Fsp3) is 0.750. The van der Waals surface area contributed by atoms with Crippen LogP contribution in [0.15, 0.2) is 23.4 Å². The van der Waals surface area contributed by atoms with Gasteiger partial charge in [-0.25, -0.2) is 0 Å². The van der Waals surface area contributed by atoms with Crippen molar-refractivity contribution in [3.05, 3.63) is 23.4 Å². The van der Waals surface area contributed by atoms with Crippen LogP contribution < -0.4 is 5.32 Å². The molecule has 1 aliphatic rings. The van der Waals surface area contributed by atoms with Crippen LogP contribution in [-0.2, 0) is 0 Å². The van der Waals surface area contributed by atoms with Crippen molar-refractivity contribution in [2.45, 2.75) is 66.3 Å². The van der Waals surface area contributed by atoms with E-state index in [0.717, 1.165) is 5.92 Å². The first-order chi connectivity index (χ1) is 8.00. The number of rotatable bonds is 4. The van der Waals surface area contributed by atoms with Gasteiger partial charge in [-0.3, -0.25) is 0 Å². The maximum absolute atomic E-state index is 3.75. The molecule has 0 amide bonds. The highest BCUT2D eigenvalue weighted by Gasteiger charge is 2.21. The average molecular weight is 235 g/mol. The Kier molecular flexibility index (Phi) is 5.80. The normalized spacial score (nSPS) is 25.3. The molecule has 2 unspecified atom stereocenters. The first-order valence-corrected chi connectivity index (χ1v) is 7.13. The molecule has 0 bridgehead atoms. The van der Waals surface area contributed by atoms with Gasteiger partial charge in [-0.15, -0.1) is 0 Å². The van der Waals surface area contributed by atoms with Gasteiger partial charge in [-0.1, -0.05) is 45.3 Å². The van der Waals surface area contributed by atoms with Gasteiger partial charge in [0, 0.05) is 11.7 Å². The van der Waals surface area contributed by atoms with Crippen LogP contribution in [0.2, 0.25) is 0 Å². The van der Waals surface area contributed by atoms with Crippen molar-refractivity contribution in [1.29, 1.82) is 0 Å². The largest absolute Gasteiger partial charge is 0.382 e. The van der Waals surface area contributed by atoms with E-state index in [-0.39, 0.29) is 0 Å². The van der Waals surface area contributed by atoms with E-state index in [2.05, 4.69) is 52.1 Å². The topological polar surface area (TPSA) is 12.0 Å². The van der Waals surface area contributed by atoms with Crippen LogP contribution >= 0.6 is 0 Å². The van der Waals surface area contributed by atoms with Crippen molar-refractivity contribution in [3.63, 3.8) is 0 Å². The number of hydrogen-bond donors (Lipinski definition) is 1. The van der Waals surface area contributed by atoms with Crippen LogP contribution in [-0.4, -0.2) is 6.04 Å². The van der Waals surface area contributed by atoms with Crippen molar-refractivity contribution < 1.29 is 0 Å². The first-order valence-electron chi connectivity index (χ1n) is 7.13. The van der Waals surface area contributed by atoms with Gasteiger partial charge in [-0.05, 0) is 44.6 Å². The number of nitrogens with one attached hydrogen (secondary N) is 1. The minimum atomic E-state index is 0.620. The molecule has 0 saturated heterocycles. The second-order valence-electron chi connectivity index (χ2n) is 6.03. The number of hydrogen-bond acceptors (Lipinski definition) is 1. The fourth-order valence-electron chi connectivity index (χ4n) is 2.38. The van der Waals surface area contributed by atoms with Crippen molar-refractivity contribution in [2.24, 2.45) is 11.8 Å². The summed E-state index contributed by atoms with van der Waals surface area (Å²) in [7, 11) is 0. The molecule has 0 aromatic heterocycles. The lowest BCUT2D eigenvalue weighted by Crippen LogP contribution is -2.36. The average Bonchev–Trinajstić information content (AvgIpc) is 2.25. The second-order valence-corrected chi connectivity index (χ2v) is 6.03. The van der Waals surface area contributed by atoms with E-state index in [1.165, 1.54) is 37.0 Å². The third-order valence-electron chi connectivity index (χ3n) is 3.64. The van der Waals surface area contributed by atoms with Gasteiger partial charge in [0.25, 0.3) is 0 Å². The lowest BCUT2D eigenvalue weighted by atomic mass is 9.85. The monoisotopic (exact) mass is 235 g/mol. The molecule has 0 heterocycles. The Hall–Kier alpha value is -0.720. The molecule has 1 saturated carbocycles. The summed E-state index contributed by atoms with van der Waals surface area (Å²) in [6.07, 6.45) is 10.0. The molecule has 1 aliphatic carbocycles. The molecule has 17 heavy (non-hydrogen) atoms. The van der Waals surface area contributed by atoms with E-state index in [9.17, 15) is 0 Å². The summed E-state index contributed by atoms with van der Waals surface area (Å²) in [5, 5.41) is 3.75. The highest BCUT2D eigenvalue weighted by atomic mass is 14.9. The van der Waals surface area contributed by atoms with E-state index in [4.69, 9.17) is 0 Å². The fourth-order valence-corrected chi connectivity index (χ4v) is 2.38. The minimum absolute atomic E-state index is 0.620. The molecule has 1 nitrogen and oxygen atoms in total. The molecule has 1 N–H and O–H groups in total. The summed E-state index contributed by atoms with van der Waals surface area (Å²) in [6, 6.07) is 0.672.